The maximum absolute atomic E-state index is 13.1. The summed E-state index contributed by atoms with van der Waals surface area (Å²) < 4.78 is 30.8. The molecular formula is C16H11F2N3O3S2. The second-order valence-electron chi connectivity index (χ2n) is 4.94. The van der Waals surface area contributed by atoms with Crippen molar-refractivity contribution < 1.29 is 23.1 Å². The van der Waals surface area contributed by atoms with Crippen LogP contribution in [0, 0.1) is 11.6 Å². The summed E-state index contributed by atoms with van der Waals surface area (Å²) in [7, 11) is 0. The fraction of sp³-hybridized carbons (Fsp3) is 0.125. The number of amides is 1. The molecule has 6 nitrogen and oxygen atoms in total. The SMILES string of the molecule is O=C(COC(=O)CSc1ncnc2sccc12)Nc1ccc(F)c(F)c1. The maximum atomic E-state index is 13.1. The van der Waals surface area contributed by atoms with E-state index in [1.807, 2.05) is 11.4 Å². The quantitative estimate of drug-likeness (QED) is 0.392. The van der Waals surface area contributed by atoms with Gasteiger partial charge in [-0.25, -0.2) is 18.7 Å². The average molecular weight is 395 g/mol. The van der Waals surface area contributed by atoms with E-state index >= 15 is 0 Å². The zero-order chi connectivity index (χ0) is 18.5. The molecule has 1 aromatic carbocycles. The van der Waals surface area contributed by atoms with E-state index in [2.05, 4.69) is 15.3 Å². The minimum absolute atomic E-state index is 0.0274. The molecule has 3 aromatic rings. The van der Waals surface area contributed by atoms with Gasteiger partial charge in [0.2, 0.25) is 0 Å². The molecule has 2 aromatic heterocycles. The molecule has 1 N–H and O–H groups in total. The van der Waals surface area contributed by atoms with Gasteiger partial charge in [0.1, 0.15) is 16.2 Å². The maximum Gasteiger partial charge on any atom is 0.316 e. The van der Waals surface area contributed by atoms with E-state index in [9.17, 15) is 18.4 Å². The van der Waals surface area contributed by atoms with Crippen LogP contribution in [-0.4, -0.2) is 34.2 Å². The molecule has 2 heterocycles. The van der Waals surface area contributed by atoms with Crippen LogP contribution in [-0.2, 0) is 14.3 Å². The molecule has 0 radical (unpaired) electrons. The van der Waals surface area contributed by atoms with Crippen LogP contribution in [0.15, 0.2) is 41.0 Å². The van der Waals surface area contributed by atoms with Crippen LogP contribution in [0.2, 0.25) is 0 Å². The van der Waals surface area contributed by atoms with Crippen molar-refractivity contribution in [3.8, 4) is 0 Å². The Labute approximate surface area is 154 Å². The highest BCUT2D eigenvalue weighted by molar-refractivity contribution is 8.00. The molecule has 0 bridgehead atoms. The first-order chi connectivity index (χ1) is 12.5. The summed E-state index contributed by atoms with van der Waals surface area (Å²) in [4.78, 5) is 32.5. The first-order valence-corrected chi connectivity index (χ1v) is 9.11. The zero-order valence-corrected chi connectivity index (χ0v) is 14.7. The van der Waals surface area contributed by atoms with Gasteiger partial charge in [0.05, 0.1) is 5.75 Å². The number of hydrogen-bond donors (Lipinski definition) is 1. The van der Waals surface area contributed by atoms with Crippen molar-refractivity contribution in [2.45, 2.75) is 5.03 Å². The lowest BCUT2D eigenvalue weighted by Crippen LogP contribution is -2.21. The number of nitrogens with one attached hydrogen (secondary N) is 1. The largest absolute Gasteiger partial charge is 0.455 e. The van der Waals surface area contributed by atoms with Crippen LogP contribution < -0.4 is 5.32 Å². The second kappa shape index (κ2) is 8.19. The fourth-order valence-corrected chi connectivity index (χ4v) is 3.55. The van der Waals surface area contributed by atoms with Gasteiger partial charge in [-0.3, -0.25) is 9.59 Å². The standard InChI is InChI=1S/C16H11F2N3O3S2/c17-11-2-1-9(5-12(11)18)21-13(22)6-24-14(23)7-26-16-10-3-4-25-15(10)19-8-20-16/h1-5,8H,6-7H2,(H,21,22). The lowest BCUT2D eigenvalue weighted by molar-refractivity contribution is -0.144. The predicted octanol–water partition coefficient (Wildman–Crippen LogP) is 3.24. The molecule has 0 aliphatic heterocycles. The number of anilines is 1. The highest BCUT2D eigenvalue weighted by atomic mass is 32.2. The Kier molecular flexibility index (Phi) is 5.74. The minimum atomic E-state index is -1.08. The molecule has 26 heavy (non-hydrogen) atoms. The number of halogens is 2. The number of fused-ring (bicyclic) bond motifs is 1. The highest BCUT2D eigenvalue weighted by Gasteiger charge is 2.12. The smallest absolute Gasteiger partial charge is 0.316 e. The van der Waals surface area contributed by atoms with Crippen molar-refractivity contribution >= 4 is 50.9 Å². The summed E-state index contributed by atoms with van der Waals surface area (Å²) in [6.45, 7) is -0.532. The number of benzene rings is 1. The summed E-state index contributed by atoms with van der Waals surface area (Å²) >= 11 is 2.65. The molecule has 0 saturated carbocycles. The van der Waals surface area contributed by atoms with Crippen molar-refractivity contribution in [2.24, 2.45) is 0 Å². The van der Waals surface area contributed by atoms with Crippen LogP contribution in [0.3, 0.4) is 0 Å². The molecule has 0 saturated heterocycles. The Bertz CT molecular complexity index is 965. The molecule has 0 fully saturated rings. The third-order valence-corrected chi connectivity index (χ3v) is 4.92. The molecule has 1 amide bonds. The Morgan fingerprint density at radius 3 is 2.85 bits per heavy atom. The lowest BCUT2D eigenvalue weighted by atomic mass is 10.3. The number of ether oxygens (including phenoxy) is 1. The first-order valence-electron chi connectivity index (χ1n) is 7.24. The van der Waals surface area contributed by atoms with Crippen molar-refractivity contribution in [3.05, 3.63) is 47.6 Å². The number of thiophene rings is 1. The van der Waals surface area contributed by atoms with Crippen molar-refractivity contribution in [3.63, 3.8) is 0 Å². The molecule has 134 valence electrons. The van der Waals surface area contributed by atoms with E-state index in [1.54, 1.807) is 0 Å². The van der Waals surface area contributed by atoms with Crippen LogP contribution in [0.25, 0.3) is 10.2 Å². The van der Waals surface area contributed by atoms with Gasteiger partial charge in [-0.05, 0) is 23.6 Å². The van der Waals surface area contributed by atoms with E-state index in [4.69, 9.17) is 4.74 Å². The van der Waals surface area contributed by atoms with E-state index in [0.717, 1.165) is 22.3 Å². The normalized spacial score (nSPS) is 10.7. The van der Waals surface area contributed by atoms with E-state index in [0.29, 0.717) is 5.03 Å². The number of nitrogens with zero attached hydrogens (tertiary/aromatic N) is 2. The molecule has 0 atom stereocenters. The first kappa shape index (κ1) is 18.2. The van der Waals surface area contributed by atoms with E-state index in [1.165, 1.54) is 35.5 Å². The molecule has 0 spiro atoms. The van der Waals surface area contributed by atoms with Crippen LogP contribution >= 0.6 is 23.1 Å². The summed E-state index contributed by atoms with van der Waals surface area (Å²) in [5.41, 5.74) is 0.0696. The van der Waals surface area contributed by atoms with Gasteiger partial charge >= 0.3 is 5.97 Å². The van der Waals surface area contributed by atoms with Gasteiger partial charge in [-0.1, -0.05) is 11.8 Å². The minimum Gasteiger partial charge on any atom is -0.455 e. The monoisotopic (exact) mass is 395 g/mol. The molecule has 0 aliphatic rings. The zero-order valence-electron chi connectivity index (χ0n) is 13.1. The summed E-state index contributed by atoms with van der Waals surface area (Å²) in [5.74, 6) is -3.38. The van der Waals surface area contributed by atoms with Gasteiger partial charge in [-0.15, -0.1) is 11.3 Å². The second-order valence-corrected chi connectivity index (χ2v) is 6.80. The Morgan fingerprint density at radius 1 is 1.19 bits per heavy atom. The topological polar surface area (TPSA) is 81.2 Å². The molecule has 10 heteroatoms. The third kappa shape index (κ3) is 4.52. The van der Waals surface area contributed by atoms with E-state index in [-0.39, 0.29) is 11.4 Å². The van der Waals surface area contributed by atoms with Crippen LogP contribution in [0.4, 0.5) is 14.5 Å². The lowest BCUT2D eigenvalue weighted by Gasteiger charge is -2.07. The summed E-state index contributed by atoms with van der Waals surface area (Å²) in [6, 6.07) is 4.80. The number of carbonyl (C=O) groups excluding carboxylic acids is 2. The molecule has 0 unspecified atom stereocenters. The van der Waals surface area contributed by atoms with Crippen molar-refractivity contribution in [1.29, 1.82) is 0 Å². The fourth-order valence-electron chi connectivity index (χ4n) is 1.97. The number of rotatable bonds is 6. The Balaban J connectivity index is 1.47. The van der Waals surface area contributed by atoms with Gasteiger partial charge < -0.3 is 10.1 Å². The van der Waals surface area contributed by atoms with Gasteiger partial charge in [0.15, 0.2) is 18.2 Å². The van der Waals surface area contributed by atoms with Gasteiger partial charge in [0.25, 0.3) is 5.91 Å². The van der Waals surface area contributed by atoms with Crippen LogP contribution in [0.5, 0.6) is 0 Å². The predicted molar refractivity (Wildman–Crippen MR) is 94.1 cm³/mol. The van der Waals surface area contributed by atoms with Crippen LogP contribution in [0.1, 0.15) is 0 Å². The van der Waals surface area contributed by atoms with Gasteiger partial charge in [0, 0.05) is 17.1 Å². The Hall–Kier alpha value is -2.59. The average Bonchev–Trinajstić information content (AvgIpc) is 3.10. The Morgan fingerprint density at radius 2 is 2.04 bits per heavy atom. The molecular weight excluding hydrogens is 384 g/mol. The summed E-state index contributed by atoms with van der Waals surface area (Å²) in [6.07, 6.45) is 1.42. The number of esters is 1. The van der Waals surface area contributed by atoms with Crippen molar-refractivity contribution in [1.82, 2.24) is 9.97 Å². The van der Waals surface area contributed by atoms with Crippen molar-refractivity contribution in [2.75, 3.05) is 17.7 Å². The third-order valence-electron chi connectivity index (χ3n) is 3.12. The number of hydrogen-bond acceptors (Lipinski definition) is 7. The molecule has 3 rings (SSSR count). The number of thioether (sulfide) groups is 1. The summed E-state index contributed by atoms with van der Waals surface area (Å²) in [5, 5.41) is 5.70. The number of aromatic nitrogens is 2. The highest BCUT2D eigenvalue weighted by Crippen LogP contribution is 2.27. The van der Waals surface area contributed by atoms with Gasteiger partial charge in [-0.2, -0.15) is 0 Å². The number of carbonyl (C=O) groups is 2. The molecule has 0 aliphatic carbocycles. The van der Waals surface area contributed by atoms with E-state index < -0.39 is 30.1 Å².